The Morgan fingerprint density at radius 2 is 1.59 bits per heavy atom. The third kappa shape index (κ3) is 5.28. The van der Waals surface area contributed by atoms with Crippen molar-refractivity contribution in [2.24, 2.45) is 5.92 Å². The van der Waals surface area contributed by atoms with E-state index in [9.17, 15) is 14.4 Å². The molecule has 0 aliphatic carbocycles. The molecule has 7 heteroatoms. The first-order chi connectivity index (χ1) is 15.5. The number of hydrogen-bond donors (Lipinski definition) is 0. The summed E-state index contributed by atoms with van der Waals surface area (Å²) in [5.41, 5.74) is 2.20. The van der Waals surface area contributed by atoms with Crippen LogP contribution in [0.4, 0.5) is 0 Å². The Hall–Kier alpha value is -3.35. The molecule has 1 unspecified atom stereocenters. The lowest BCUT2D eigenvalue weighted by molar-refractivity contribution is -0.142. The SMILES string of the molecule is Cc1ccc(OCC(=O)N2CCN(C(=O)C3CC(=O)N(Cc4ccccc4)C3)CC2)cc1. The Labute approximate surface area is 188 Å². The van der Waals surface area contributed by atoms with Gasteiger partial charge in [-0.3, -0.25) is 14.4 Å². The average Bonchev–Trinajstić information content (AvgIpc) is 3.19. The van der Waals surface area contributed by atoms with E-state index in [1.54, 1.807) is 14.7 Å². The molecule has 0 N–H and O–H groups in total. The standard InChI is InChI=1S/C25H29N3O4/c1-19-7-9-22(10-8-19)32-18-24(30)26-11-13-27(14-12-26)25(31)21-15-23(29)28(17-21)16-20-5-3-2-4-6-20/h2-10,21H,11-18H2,1H3. The van der Waals surface area contributed by atoms with Crippen LogP contribution in [-0.2, 0) is 20.9 Å². The van der Waals surface area contributed by atoms with Crippen molar-refractivity contribution in [2.75, 3.05) is 39.3 Å². The summed E-state index contributed by atoms with van der Waals surface area (Å²) >= 11 is 0. The minimum absolute atomic E-state index is 0.0110. The molecule has 2 saturated heterocycles. The predicted octanol–water partition coefficient (Wildman–Crippen LogP) is 2.09. The van der Waals surface area contributed by atoms with Crippen LogP contribution in [0.5, 0.6) is 5.75 Å². The highest BCUT2D eigenvalue weighted by atomic mass is 16.5. The summed E-state index contributed by atoms with van der Waals surface area (Å²) < 4.78 is 5.59. The van der Waals surface area contributed by atoms with Gasteiger partial charge in [0.2, 0.25) is 11.8 Å². The number of nitrogens with zero attached hydrogens (tertiary/aromatic N) is 3. The molecule has 168 valence electrons. The number of carbonyl (C=O) groups is 3. The Morgan fingerprint density at radius 1 is 0.938 bits per heavy atom. The van der Waals surface area contributed by atoms with Gasteiger partial charge in [-0.25, -0.2) is 0 Å². The molecule has 0 aromatic heterocycles. The second-order valence-electron chi connectivity index (χ2n) is 8.47. The van der Waals surface area contributed by atoms with Crippen molar-refractivity contribution in [1.82, 2.24) is 14.7 Å². The lowest BCUT2D eigenvalue weighted by Gasteiger charge is -2.35. The quantitative estimate of drug-likeness (QED) is 0.697. The third-order valence-corrected chi connectivity index (χ3v) is 6.11. The van der Waals surface area contributed by atoms with Gasteiger partial charge in [-0.1, -0.05) is 48.0 Å². The highest BCUT2D eigenvalue weighted by Crippen LogP contribution is 2.23. The smallest absolute Gasteiger partial charge is 0.260 e. The number of carbonyl (C=O) groups excluding carboxylic acids is 3. The topological polar surface area (TPSA) is 70.2 Å². The summed E-state index contributed by atoms with van der Waals surface area (Å²) in [6.45, 7) is 4.91. The highest BCUT2D eigenvalue weighted by molar-refractivity contribution is 5.89. The Balaban J connectivity index is 1.23. The zero-order valence-electron chi connectivity index (χ0n) is 18.4. The molecule has 2 aliphatic rings. The van der Waals surface area contributed by atoms with Crippen LogP contribution in [0, 0.1) is 12.8 Å². The lowest BCUT2D eigenvalue weighted by Crippen LogP contribution is -2.53. The molecule has 32 heavy (non-hydrogen) atoms. The molecule has 0 spiro atoms. The first kappa shape index (κ1) is 21.9. The number of ether oxygens (including phenoxy) is 1. The number of rotatable bonds is 6. The Morgan fingerprint density at radius 3 is 2.28 bits per heavy atom. The fourth-order valence-electron chi connectivity index (χ4n) is 4.20. The van der Waals surface area contributed by atoms with E-state index < -0.39 is 0 Å². The van der Waals surface area contributed by atoms with E-state index in [-0.39, 0.29) is 36.7 Å². The van der Waals surface area contributed by atoms with Gasteiger partial charge in [0.1, 0.15) is 5.75 Å². The van der Waals surface area contributed by atoms with E-state index in [0.29, 0.717) is 45.0 Å². The van der Waals surface area contributed by atoms with Gasteiger partial charge in [0.15, 0.2) is 6.61 Å². The molecule has 7 nitrogen and oxygen atoms in total. The maximum atomic E-state index is 13.0. The van der Waals surface area contributed by atoms with Crippen LogP contribution in [-0.4, -0.2) is 71.8 Å². The third-order valence-electron chi connectivity index (χ3n) is 6.11. The van der Waals surface area contributed by atoms with E-state index in [2.05, 4.69) is 0 Å². The largest absolute Gasteiger partial charge is 0.484 e. The summed E-state index contributed by atoms with van der Waals surface area (Å²) in [5.74, 6) is 0.316. The fourth-order valence-corrected chi connectivity index (χ4v) is 4.20. The van der Waals surface area contributed by atoms with E-state index in [1.807, 2.05) is 61.5 Å². The molecule has 2 fully saturated rings. The summed E-state index contributed by atoms with van der Waals surface area (Å²) in [5, 5.41) is 0. The van der Waals surface area contributed by atoms with Crippen molar-refractivity contribution in [3.8, 4) is 5.75 Å². The number of hydrogen-bond acceptors (Lipinski definition) is 4. The van der Waals surface area contributed by atoms with Gasteiger partial charge in [0.05, 0.1) is 5.92 Å². The molecule has 0 saturated carbocycles. The van der Waals surface area contributed by atoms with Gasteiger partial charge in [-0.2, -0.15) is 0 Å². The molecule has 2 aromatic rings. The normalized spacial score (nSPS) is 18.7. The summed E-state index contributed by atoms with van der Waals surface area (Å²) in [6.07, 6.45) is 0.259. The minimum atomic E-state index is -0.307. The molecule has 2 aromatic carbocycles. The van der Waals surface area contributed by atoms with Gasteiger partial charge in [-0.05, 0) is 24.6 Å². The van der Waals surface area contributed by atoms with E-state index >= 15 is 0 Å². The zero-order chi connectivity index (χ0) is 22.5. The van der Waals surface area contributed by atoms with Gasteiger partial charge >= 0.3 is 0 Å². The van der Waals surface area contributed by atoms with Crippen LogP contribution in [0.25, 0.3) is 0 Å². The van der Waals surface area contributed by atoms with Crippen molar-refractivity contribution >= 4 is 17.7 Å². The first-order valence-corrected chi connectivity index (χ1v) is 11.1. The molecule has 3 amide bonds. The maximum absolute atomic E-state index is 13.0. The number of likely N-dealkylation sites (tertiary alicyclic amines) is 1. The fraction of sp³-hybridized carbons (Fsp3) is 0.400. The van der Waals surface area contributed by atoms with Crippen LogP contribution in [0.3, 0.4) is 0 Å². The first-order valence-electron chi connectivity index (χ1n) is 11.1. The molecule has 4 rings (SSSR count). The molecule has 1 atom stereocenters. The number of aryl methyl sites for hydroxylation is 1. The predicted molar refractivity (Wildman–Crippen MR) is 120 cm³/mol. The van der Waals surface area contributed by atoms with Crippen molar-refractivity contribution in [3.05, 3.63) is 65.7 Å². The van der Waals surface area contributed by atoms with Crippen LogP contribution in [0.15, 0.2) is 54.6 Å². The summed E-state index contributed by atoms with van der Waals surface area (Å²) in [4.78, 5) is 43.2. The molecule has 0 bridgehead atoms. The van der Waals surface area contributed by atoms with E-state index in [1.165, 1.54) is 0 Å². The Bertz CT molecular complexity index is 953. The van der Waals surface area contributed by atoms with Crippen LogP contribution >= 0.6 is 0 Å². The van der Waals surface area contributed by atoms with Gasteiger partial charge in [0.25, 0.3) is 5.91 Å². The number of amides is 3. The average molecular weight is 436 g/mol. The van der Waals surface area contributed by atoms with Gasteiger partial charge in [0, 0.05) is 45.7 Å². The van der Waals surface area contributed by atoms with E-state index in [4.69, 9.17) is 4.74 Å². The molecular formula is C25H29N3O4. The molecule has 0 radical (unpaired) electrons. The number of benzene rings is 2. The molecule has 2 heterocycles. The van der Waals surface area contributed by atoms with E-state index in [0.717, 1.165) is 11.1 Å². The summed E-state index contributed by atoms with van der Waals surface area (Å²) in [6, 6.07) is 17.4. The molecular weight excluding hydrogens is 406 g/mol. The minimum Gasteiger partial charge on any atom is -0.484 e. The second kappa shape index (κ2) is 9.85. The lowest BCUT2D eigenvalue weighted by atomic mass is 10.1. The van der Waals surface area contributed by atoms with Gasteiger partial charge < -0.3 is 19.4 Å². The van der Waals surface area contributed by atoms with Crippen LogP contribution in [0.1, 0.15) is 17.5 Å². The monoisotopic (exact) mass is 435 g/mol. The van der Waals surface area contributed by atoms with Crippen molar-refractivity contribution in [3.63, 3.8) is 0 Å². The van der Waals surface area contributed by atoms with Crippen molar-refractivity contribution in [2.45, 2.75) is 19.9 Å². The number of piperazine rings is 1. The zero-order valence-corrected chi connectivity index (χ0v) is 18.4. The van der Waals surface area contributed by atoms with Gasteiger partial charge in [-0.15, -0.1) is 0 Å². The maximum Gasteiger partial charge on any atom is 0.260 e. The highest BCUT2D eigenvalue weighted by Gasteiger charge is 2.37. The summed E-state index contributed by atoms with van der Waals surface area (Å²) in [7, 11) is 0. The Kier molecular flexibility index (Phi) is 6.73. The van der Waals surface area contributed by atoms with Crippen molar-refractivity contribution in [1.29, 1.82) is 0 Å². The second-order valence-corrected chi connectivity index (χ2v) is 8.47. The van der Waals surface area contributed by atoms with Crippen molar-refractivity contribution < 1.29 is 19.1 Å². The van der Waals surface area contributed by atoms with Crippen LogP contribution < -0.4 is 4.74 Å². The molecule has 2 aliphatic heterocycles. The van der Waals surface area contributed by atoms with Crippen LogP contribution in [0.2, 0.25) is 0 Å².